The fraction of sp³-hybridized carbons (Fsp3) is 0.833. The van der Waals surface area contributed by atoms with E-state index in [2.05, 4.69) is 0 Å². The molecule has 18 heavy (non-hydrogen) atoms. The molecule has 5 nitrogen and oxygen atoms in total. The summed E-state index contributed by atoms with van der Waals surface area (Å²) in [4.78, 5) is 13.3. The highest BCUT2D eigenvalue weighted by atomic mass is 19.1. The summed E-state index contributed by atoms with van der Waals surface area (Å²) in [5, 5.41) is 7.09. The largest absolute Gasteiger partial charge is 0.444 e. The van der Waals surface area contributed by atoms with Crippen LogP contribution in [0, 0.1) is 11.3 Å². The van der Waals surface area contributed by atoms with Gasteiger partial charge in [-0.2, -0.15) is 0 Å². The van der Waals surface area contributed by atoms with Crippen LogP contribution in [0.5, 0.6) is 0 Å². The van der Waals surface area contributed by atoms with Gasteiger partial charge in [0.15, 0.2) is 6.17 Å². The minimum Gasteiger partial charge on any atom is -0.444 e. The summed E-state index contributed by atoms with van der Waals surface area (Å²) in [5.41, 5.74) is 4.63. The third kappa shape index (κ3) is 4.16. The van der Waals surface area contributed by atoms with Gasteiger partial charge in [0.1, 0.15) is 11.4 Å². The highest BCUT2D eigenvalue weighted by molar-refractivity contribution is 5.81. The van der Waals surface area contributed by atoms with Crippen molar-refractivity contribution in [3.8, 4) is 0 Å². The molecule has 0 aromatic rings. The molecule has 1 heterocycles. The second-order valence-electron chi connectivity index (χ2n) is 5.66. The molecule has 1 rings (SSSR count). The number of nitrogens with zero attached hydrogens (tertiary/aromatic N) is 1. The number of ether oxygens (including phenoxy) is 1. The van der Waals surface area contributed by atoms with Crippen molar-refractivity contribution in [3.05, 3.63) is 0 Å². The summed E-state index contributed by atoms with van der Waals surface area (Å²) in [7, 11) is 0. The van der Waals surface area contributed by atoms with E-state index in [1.807, 2.05) is 20.8 Å². The molecule has 0 spiro atoms. The molecule has 0 aliphatic carbocycles. The quantitative estimate of drug-likeness (QED) is 0.587. The lowest BCUT2D eigenvalue weighted by Crippen LogP contribution is -2.44. The van der Waals surface area contributed by atoms with Crippen LogP contribution >= 0.6 is 0 Å². The number of carbonyl (C=O) groups excluding carboxylic acids is 1. The molecule has 0 bridgehead atoms. The van der Waals surface area contributed by atoms with E-state index in [0.717, 1.165) is 0 Å². The SMILES string of the molecule is CC(C)(C)OC(=O)N1CCC(C(F)C(=N)N)CC1. The molecule has 1 saturated heterocycles. The number of likely N-dealkylation sites (tertiary alicyclic amines) is 1. The van der Waals surface area contributed by atoms with Crippen molar-refractivity contribution >= 4 is 11.9 Å². The van der Waals surface area contributed by atoms with Crippen molar-refractivity contribution in [1.29, 1.82) is 5.41 Å². The Morgan fingerprint density at radius 3 is 2.33 bits per heavy atom. The molecule has 0 saturated carbocycles. The van der Waals surface area contributed by atoms with Gasteiger partial charge in [0.05, 0.1) is 0 Å². The number of amidine groups is 1. The molecule has 1 unspecified atom stereocenters. The average molecular weight is 259 g/mol. The molecule has 3 N–H and O–H groups in total. The van der Waals surface area contributed by atoms with E-state index >= 15 is 0 Å². The predicted molar refractivity (Wildman–Crippen MR) is 67.3 cm³/mol. The molecule has 1 aliphatic rings. The van der Waals surface area contributed by atoms with E-state index in [1.54, 1.807) is 4.90 Å². The molecule has 1 fully saturated rings. The van der Waals surface area contributed by atoms with Gasteiger partial charge >= 0.3 is 6.09 Å². The van der Waals surface area contributed by atoms with Gasteiger partial charge in [0, 0.05) is 19.0 Å². The van der Waals surface area contributed by atoms with Crippen molar-refractivity contribution in [3.63, 3.8) is 0 Å². The van der Waals surface area contributed by atoms with Gasteiger partial charge < -0.3 is 15.4 Å². The zero-order valence-corrected chi connectivity index (χ0v) is 11.2. The fourth-order valence-electron chi connectivity index (χ4n) is 1.96. The summed E-state index contributed by atoms with van der Waals surface area (Å²) < 4.78 is 18.8. The van der Waals surface area contributed by atoms with Crippen molar-refractivity contribution in [1.82, 2.24) is 4.90 Å². The molecule has 0 radical (unpaired) electrons. The van der Waals surface area contributed by atoms with Crippen molar-refractivity contribution < 1.29 is 13.9 Å². The number of hydrogen-bond donors (Lipinski definition) is 2. The molecular formula is C12H22FN3O2. The van der Waals surface area contributed by atoms with Gasteiger partial charge in [-0.1, -0.05) is 0 Å². The maximum atomic E-state index is 13.5. The highest BCUT2D eigenvalue weighted by Gasteiger charge is 2.31. The van der Waals surface area contributed by atoms with Gasteiger partial charge in [-0.3, -0.25) is 5.41 Å². The summed E-state index contributed by atoms with van der Waals surface area (Å²) in [6, 6.07) is 0. The molecule has 1 atom stereocenters. The van der Waals surface area contributed by atoms with Crippen LogP contribution in [0.25, 0.3) is 0 Å². The number of amides is 1. The standard InChI is InChI=1S/C12H22FN3O2/c1-12(2,3)18-11(17)16-6-4-8(5-7-16)9(13)10(14)15/h8-9H,4-7H2,1-3H3,(H3,14,15). The maximum absolute atomic E-state index is 13.5. The third-order valence-electron chi connectivity index (χ3n) is 2.90. The summed E-state index contributed by atoms with van der Waals surface area (Å²) in [6.45, 7) is 6.33. The Hall–Kier alpha value is -1.33. The van der Waals surface area contributed by atoms with E-state index in [0.29, 0.717) is 25.9 Å². The van der Waals surface area contributed by atoms with Gasteiger partial charge in [0.2, 0.25) is 0 Å². The van der Waals surface area contributed by atoms with Crippen molar-refractivity contribution in [2.75, 3.05) is 13.1 Å². The number of nitrogens with two attached hydrogens (primary N) is 1. The summed E-state index contributed by atoms with van der Waals surface area (Å²) in [6.07, 6.45) is -0.732. The van der Waals surface area contributed by atoms with E-state index in [1.165, 1.54) is 0 Å². The monoisotopic (exact) mass is 259 g/mol. The Balaban J connectivity index is 2.44. The van der Waals surface area contributed by atoms with E-state index in [9.17, 15) is 9.18 Å². The second kappa shape index (κ2) is 5.54. The predicted octanol–water partition coefficient (Wildman–Crippen LogP) is 1.91. The number of rotatable bonds is 2. The average Bonchev–Trinajstić information content (AvgIpc) is 2.26. The lowest BCUT2D eigenvalue weighted by molar-refractivity contribution is 0.0163. The topological polar surface area (TPSA) is 79.4 Å². The van der Waals surface area contributed by atoms with Crippen LogP contribution in [-0.2, 0) is 4.74 Å². The molecule has 0 aromatic heterocycles. The first-order chi connectivity index (χ1) is 8.20. The maximum Gasteiger partial charge on any atom is 0.410 e. The first-order valence-electron chi connectivity index (χ1n) is 6.16. The van der Waals surface area contributed by atoms with E-state index in [-0.39, 0.29) is 12.0 Å². The first-order valence-corrected chi connectivity index (χ1v) is 6.16. The summed E-state index contributed by atoms with van der Waals surface area (Å²) >= 11 is 0. The van der Waals surface area contributed by atoms with E-state index < -0.39 is 17.6 Å². The number of halogens is 1. The van der Waals surface area contributed by atoms with Crippen LogP contribution in [0.1, 0.15) is 33.6 Å². The second-order valence-corrected chi connectivity index (χ2v) is 5.66. The normalized spacial score (nSPS) is 19.4. The summed E-state index contributed by atoms with van der Waals surface area (Å²) in [5.74, 6) is -0.688. The molecule has 1 amide bonds. The zero-order valence-electron chi connectivity index (χ0n) is 11.2. The third-order valence-corrected chi connectivity index (χ3v) is 2.90. The van der Waals surface area contributed by atoms with Crippen LogP contribution in [0.15, 0.2) is 0 Å². The Labute approximate surface area is 107 Å². The Morgan fingerprint density at radius 2 is 1.94 bits per heavy atom. The highest BCUT2D eigenvalue weighted by Crippen LogP contribution is 2.24. The Morgan fingerprint density at radius 1 is 1.44 bits per heavy atom. The van der Waals surface area contributed by atoms with Gasteiger partial charge in [-0.15, -0.1) is 0 Å². The first kappa shape index (κ1) is 14.7. The number of carbonyl (C=O) groups is 1. The minimum atomic E-state index is -1.40. The number of nitrogens with one attached hydrogen (secondary N) is 1. The van der Waals surface area contributed by atoms with Crippen molar-refractivity contribution in [2.45, 2.75) is 45.4 Å². The Kier molecular flexibility index (Phi) is 4.53. The zero-order chi connectivity index (χ0) is 13.9. The van der Waals surface area contributed by atoms with Gasteiger partial charge in [0.25, 0.3) is 0 Å². The van der Waals surface area contributed by atoms with Gasteiger partial charge in [-0.05, 0) is 33.6 Å². The minimum absolute atomic E-state index is 0.263. The molecule has 0 aromatic carbocycles. The number of piperidine rings is 1. The number of alkyl halides is 1. The number of hydrogen-bond acceptors (Lipinski definition) is 3. The lowest BCUT2D eigenvalue weighted by Gasteiger charge is -2.34. The van der Waals surface area contributed by atoms with Crippen LogP contribution in [-0.4, -0.2) is 41.7 Å². The lowest BCUT2D eigenvalue weighted by atomic mass is 9.92. The van der Waals surface area contributed by atoms with Crippen molar-refractivity contribution in [2.24, 2.45) is 11.7 Å². The van der Waals surface area contributed by atoms with E-state index in [4.69, 9.17) is 15.9 Å². The smallest absolute Gasteiger partial charge is 0.410 e. The fourth-order valence-corrected chi connectivity index (χ4v) is 1.96. The molecular weight excluding hydrogens is 237 g/mol. The molecule has 104 valence electrons. The van der Waals surface area contributed by atoms with Crippen LogP contribution in [0.3, 0.4) is 0 Å². The molecule has 1 aliphatic heterocycles. The molecule has 6 heteroatoms. The van der Waals surface area contributed by atoms with Crippen LogP contribution < -0.4 is 5.73 Å². The van der Waals surface area contributed by atoms with Crippen LogP contribution in [0.2, 0.25) is 0 Å². The van der Waals surface area contributed by atoms with Gasteiger partial charge in [-0.25, -0.2) is 9.18 Å². The van der Waals surface area contributed by atoms with Crippen LogP contribution in [0.4, 0.5) is 9.18 Å². The Bertz CT molecular complexity index is 320.